The number of hydrogen-bond acceptors (Lipinski definition) is 7. The molecular formula is C24H32O7. The number of rotatable bonds is 9. The van der Waals surface area contributed by atoms with Gasteiger partial charge in [-0.3, -0.25) is 0 Å². The highest BCUT2D eigenvalue weighted by Gasteiger charge is 2.45. The van der Waals surface area contributed by atoms with Crippen LogP contribution in [0.5, 0.6) is 5.75 Å². The second kappa shape index (κ2) is 10.2. The van der Waals surface area contributed by atoms with Crippen molar-refractivity contribution in [1.29, 1.82) is 0 Å². The van der Waals surface area contributed by atoms with Crippen LogP contribution in [0, 0.1) is 0 Å². The number of esters is 3. The SMILES string of the molecule is CCC(C)c1ccc(OCC(=O)OC2CC(C(=O)OC3(CC)CCCC3)OC2=O)cc1. The van der Waals surface area contributed by atoms with Gasteiger partial charge in [-0.2, -0.15) is 0 Å². The minimum Gasteiger partial charge on any atom is -0.482 e. The quantitative estimate of drug-likeness (QED) is 0.429. The van der Waals surface area contributed by atoms with Gasteiger partial charge in [0.25, 0.3) is 0 Å². The lowest BCUT2D eigenvalue weighted by molar-refractivity contribution is -0.175. The van der Waals surface area contributed by atoms with Crippen molar-refractivity contribution in [3.8, 4) is 5.75 Å². The second-order valence-corrected chi connectivity index (χ2v) is 8.47. The van der Waals surface area contributed by atoms with Crippen LogP contribution in [0.2, 0.25) is 0 Å². The van der Waals surface area contributed by atoms with Crippen molar-refractivity contribution in [2.45, 2.75) is 89.4 Å². The lowest BCUT2D eigenvalue weighted by Crippen LogP contribution is -2.36. The van der Waals surface area contributed by atoms with Gasteiger partial charge in [0.2, 0.25) is 12.2 Å². The molecule has 7 nitrogen and oxygen atoms in total. The maximum absolute atomic E-state index is 12.5. The standard InChI is InChI=1S/C24H32O7/c1-4-16(3)17-8-10-18(11-9-17)28-15-21(25)29-19-14-20(30-22(19)26)23(27)31-24(5-2)12-6-7-13-24/h8-11,16,19-20H,4-7,12-15H2,1-3H3. The fraction of sp³-hybridized carbons (Fsp3) is 0.625. The first-order valence-corrected chi connectivity index (χ1v) is 11.2. The summed E-state index contributed by atoms with van der Waals surface area (Å²) >= 11 is 0. The summed E-state index contributed by atoms with van der Waals surface area (Å²) in [6.45, 7) is 5.93. The van der Waals surface area contributed by atoms with Crippen LogP contribution in [0.3, 0.4) is 0 Å². The summed E-state index contributed by atoms with van der Waals surface area (Å²) in [6, 6.07) is 7.54. The van der Waals surface area contributed by atoms with E-state index in [0.717, 1.165) is 38.5 Å². The molecule has 31 heavy (non-hydrogen) atoms. The van der Waals surface area contributed by atoms with Crippen LogP contribution in [0.1, 0.15) is 77.2 Å². The fourth-order valence-electron chi connectivity index (χ4n) is 4.08. The Balaban J connectivity index is 1.46. The van der Waals surface area contributed by atoms with Crippen LogP contribution < -0.4 is 4.74 Å². The van der Waals surface area contributed by atoms with Gasteiger partial charge >= 0.3 is 17.9 Å². The Kier molecular flexibility index (Phi) is 7.57. The van der Waals surface area contributed by atoms with Gasteiger partial charge in [-0.1, -0.05) is 32.9 Å². The third kappa shape index (κ3) is 5.77. The third-order valence-corrected chi connectivity index (χ3v) is 6.38. The molecule has 0 amide bonds. The van der Waals surface area contributed by atoms with Crippen molar-refractivity contribution in [2.24, 2.45) is 0 Å². The molecule has 1 aliphatic carbocycles. The third-order valence-electron chi connectivity index (χ3n) is 6.38. The van der Waals surface area contributed by atoms with E-state index >= 15 is 0 Å². The summed E-state index contributed by atoms with van der Waals surface area (Å²) in [5, 5.41) is 0. The first kappa shape index (κ1) is 23.1. The van der Waals surface area contributed by atoms with Crippen LogP contribution in [0.15, 0.2) is 24.3 Å². The van der Waals surface area contributed by atoms with Crippen molar-refractivity contribution in [1.82, 2.24) is 0 Å². The molecule has 0 N–H and O–H groups in total. The Morgan fingerprint density at radius 2 is 1.84 bits per heavy atom. The highest BCUT2D eigenvalue weighted by Crippen LogP contribution is 2.37. The van der Waals surface area contributed by atoms with E-state index in [2.05, 4.69) is 13.8 Å². The Morgan fingerprint density at radius 3 is 2.45 bits per heavy atom. The molecule has 0 radical (unpaired) electrons. The molecule has 2 fully saturated rings. The average Bonchev–Trinajstić information content (AvgIpc) is 3.39. The monoisotopic (exact) mass is 432 g/mol. The van der Waals surface area contributed by atoms with Crippen molar-refractivity contribution in [3.63, 3.8) is 0 Å². The van der Waals surface area contributed by atoms with Gasteiger partial charge in [0.05, 0.1) is 0 Å². The van der Waals surface area contributed by atoms with Gasteiger partial charge in [0.1, 0.15) is 11.4 Å². The fourth-order valence-corrected chi connectivity index (χ4v) is 4.08. The Bertz CT molecular complexity index is 780. The van der Waals surface area contributed by atoms with E-state index < -0.39 is 35.7 Å². The average molecular weight is 433 g/mol. The lowest BCUT2D eigenvalue weighted by atomic mass is 9.98. The molecule has 2 aliphatic rings. The zero-order valence-electron chi connectivity index (χ0n) is 18.6. The first-order chi connectivity index (χ1) is 14.9. The molecule has 1 heterocycles. The summed E-state index contributed by atoms with van der Waals surface area (Å²) < 4.78 is 21.4. The molecule has 3 atom stereocenters. The molecular weight excluding hydrogens is 400 g/mol. The first-order valence-electron chi connectivity index (χ1n) is 11.2. The number of carbonyl (C=O) groups is 3. The number of ether oxygens (including phenoxy) is 4. The minimum atomic E-state index is -1.12. The van der Waals surface area contributed by atoms with Crippen molar-refractivity contribution >= 4 is 17.9 Å². The molecule has 1 saturated carbocycles. The Morgan fingerprint density at radius 1 is 1.16 bits per heavy atom. The maximum atomic E-state index is 12.5. The van der Waals surface area contributed by atoms with Gasteiger partial charge < -0.3 is 18.9 Å². The predicted molar refractivity (Wildman–Crippen MR) is 113 cm³/mol. The smallest absolute Gasteiger partial charge is 0.348 e. The summed E-state index contributed by atoms with van der Waals surface area (Å²) in [7, 11) is 0. The molecule has 1 aromatic rings. The van der Waals surface area contributed by atoms with Gasteiger partial charge in [0.15, 0.2) is 6.61 Å². The van der Waals surface area contributed by atoms with Gasteiger partial charge in [-0.05, 0) is 62.1 Å². The van der Waals surface area contributed by atoms with E-state index in [1.165, 1.54) is 5.56 Å². The Labute approximate surface area is 183 Å². The molecule has 3 rings (SSSR count). The molecule has 0 bridgehead atoms. The van der Waals surface area contributed by atoms with Crippen LogP contribution in [-0.4, -0.2) is 42.3 Å². The van der Waals surface area contributed by atoms with E-state index in [4.69, 9.17) is 18.9 Å². The van der Waals surface area contributed by atoms with E-state index in [0.29, 0.717) is 11.7 Å². The predicted octanol–water partition coefficient (Wildman–Crippen LogP) is 4.07. The second-order valence-electron chi connectivity index (χ2n) is 8.47. The number of carbonyl (C=O) groups excluding carboxylic acids is 3. The van der Waals surface area contributed by atoms with Crippen molar-refractivity contribution < 1.29 is 33.3 Å². The normalized spacial score (nSPS) is 23.1. The van der Waals surface area contributed by atoms with E-state index in [1.807, 2.05) is 19.1 Å². The molecule has 7 heteroatoms. The zero-order valence-corrected chi connectivity index (χ0v) is 18.6. The van der Waals surface area contributed by atoms with Crippen LogP contribution in [0.25, 0.3) is 0 Å². The van der Waals surface area contributed by atoms with Gasteiger partial charge in [-0.15, -0.1) is 0 Å². The maximum Gasteiger partial charge on any atom is 0.348 e. The van der Waals surface area contributed by atoms with Crippen LogP contribution in [-0.2, 0) is 28.6 Å². The van der Waals surface area contributed by atoms with E-state index in [1.54, 1.807) is 12.1 Å². The molecule has 1 aromatic carbocycles. The Hall–Kier alpha value is -2.57. The molecule has 3 unspecified atom stereocenters. The summed E-state index contributed by atoms with van der Waals surface area (Å²) in [5.41, 5.74) is 0.739. The molecule has 1 saturated heterocycles. The highest BCUT2D eigenvalue weighted by molar-refractivity contribution is 5.87. The summed E-state index contributed by atoms with van der Waals surface area (Å²) in [4.78, 5) is 36.7. The van der Waals surface area contributed by atoms with Crippen LogP contribution >= 0.6 is 0 Å². The van der Waals surface area contributed by atoms with Crippen LogP contribution in [0.4, 0.5) is 0 Å². The number of cyclic esters (lactones) is 1. The van der Waals surface area contributed by atoms with E-state index in [9.17, 15) is 14.4 Å². The van der Waals surface area contributed by atoms with Gasteiger partial charge in [0, 0.05) is 6.42 Å². The number of hydrogen-bond donors (Lipinski definition) is 0. The highest BCUT2D eigenvalue weighted by atomic mass is 16.6. The number of benzene rings is 1. The van der Waals surface area contributed by atoms with Crippen molar-refractivity contribution in [3.05, 3.63) is 29.8 Å². The summed E-state index contributed by atoms with van der Waals surface area (Å²) in [6.07, 6.45) is 3.26. The molecule has 0 spiro atoms. The van der Waals surface area contributed by atoms with Crippen molar-refractivity contribution in [2.75, 3.05) is 6.61 Å². The topological polar surface area (TPSA) is 88.1 Å². The minimum absolute atomic E-state index is 0.0349. The lowest BCUT2D eigenvalue weighted by Gasteiger charge is -2.28. The largest absolute Gasteiger partial charge is 0.482 e. The van der Waals surface area contributed by atoms with Gasteiger partial charge in [-0.25, -0.2) is 14.4 Å². The van der Waals surface area contributed by atoms with E-state index in [-0.39, 0.29) is 13.0 Å². The molecule has 1 aliphatic heterocycles. The molecule has 0 aromatic heterocycles. The zero-order chi connectivity index (χ0) is 22.4. The molecule has 170 valence electrons. The summed E-state index contributed by atoms with van der Waals surface area (Å²) in [5.74, 6) is -0.991.